The smallest absolute Gasteiger partial charge is 0.229 e. The van der Waals surface area contributed by atoms with Crippen LogP contribution in [0.4, 0.5) is 0 Å². The molecule has 0 spiro atoms. The minimum atomic E-state index is -0.166. The SMILES string of the molecule is Cn1c(C2CCCN(C(=O)C3(Cc4ccccc4)CC3)C2)n[nH]c1=S. The van der Waals surface area contributed by atoms with E-state index in [0.29, 0.717) is 10.7 Å². The summed E-state index contributed by atoms with van der Waals surface area (Å²) < 4.78 is 2.58. The second-order valence-electron chi connectivity index (χ2n) is 7.48. The van der Waals surface area contributed by atoms with Crippen LogP contribution in [0, 0.1) is 10.2 Å². The Kier molecular flexibility index (Phi) is 4.23. The number of nitrogens with zero attached hydrogens (tertiary/aromatic N) is 3. The Hall–Kier alpha value is -1.95. The number of aromatic nitrogens is 3. The molecule has 1 atom stereocenters. The summed E-state index contributed by atoms with van der Waals surface area (Å²) in [5, 5.41) is 7.25. The number of H-pyrrole nitrogens is 1. The Morgan fingerprint density at radius 2 is 2.12 bits per heavy atom. The van der Waals surface area contributed by atoms with E-state index in [4.69, 9.17) is 12.2 Å². The third-order valence-corrected chi connectivity index (χ3v) is 6.05. The molecule has 1 saturated carbocycles. The first-order valence-corrected chi connectivity index (χ1v) is 9.44. The molecule has 0 radical (unpaired) electrons. The predicted molar refractivity (Wildman–Crippen MR) is 98.8 cm³/mol. The monoisotopic (exact) mass is 356 g/mol. The molecule has 2 aromatic rings. The summed E-state index contributed by atoms with van der Waals surface area (Å²) in [7, 11) is 1.94. The molecule has 1 aliphatic carbocycles. The maximum Gasteiger partial charge on any atom is 0.229 e. The number of hydrogen-bond acceptors (Lipinski definition) is 3. The van der Waals surface area contributed by atoms with Crippen molar-refractivity contribution >= 4 is 18.1 Å². The van der Waals surface area contributed by atoms with E-state index in [-0.39, 0.29) is 11.3 Å². The van der Waals surface area contributed by atoms with Gasteiger partial charge in [-0.2, -0.15) is 5.10 Å². The molecule has 0 bridgehead atoms. The van der Waals surface area contributed by atoms with Gasteiger partial charge in [-0.25, -0.2) is 0 Å². The third-order valence-electron chi connectivity index (χ3n) is 5.68. The Bertz CT molecular complexity index is 821. The van der Waals surface area contributed by atoms with Crippen LogP contribution >= 0.6 is 12.2 Å². The molecule has 2 fully saturated rings. The number of piperidine rings is 1. The normalized spacial score (nSPS) is 22.0. The van der Waals surface area contributed by atoms with E-state index in [9.17, 15) is 4.79 Å². The molecule has 1 N–H and O–H groups in total. The van der Waals surface area contributed by atoms with Crippen molar-refractivity contribution in [2.45, 2.75) is 38.0 Å². The van der Waals surface area contributed by atoms with Crippen molar-refractivity contribution in [1.82, 2.24) is 19.7 Å². The lowest BCUT2D eigenvalue weighted by atomic mass is 9.91. The highest BCUT2D eigenvalue weighted by Crippen LogP contribution is 2.50. The van der Waals surface area contributed by atoms with Crippen molar-refractivity contribution in [2.24, 2.45) is 12.5 Å². The van der Waals surface area contributed by atoms with Crippen LogP contribution in [0.2, 0.25) is 0 Å². The van der Waals surface area contributed by atoms with Gasteiger partial charge in [0.15, 0.2) is 4.77 Å². The summed E-state index contributed by atoms with van der Waals surface area (Å²) in [6.07, 6.45) is 4.96. The number of benzene rings is 1. The highest BCUT2D eigenvalue weighted by atomic mass is 32.1. The first kappa shape index (κ1) is 16.5. The van der Waals surface area contributed by atoms with Gasteiger partial charge in [-0.15, -0.1) is 0 Å². The highest BCUT2D eigenvalue weighted by molar-refractivity contribution is 7.71. The third kappa shape index (κ3) is 3.15. The molecule has 2 heterocycles. The molecule has 25 heavy (non-hydrogen) atoms. The first-order valence-electron chi connectivity index (χ1n) is 9.04. The fraction of sp³-hybridized carbons (Fsp3) is 0.526. The Labute approximate surface area is 153 Å². The van der Waals surface area contributed by atoms with Crippen LogP contribution in [-0.2, 0) is 18.3 Å². The number of amides is 1. The maximum absolute atomic E-state index is 13.2. The van der Waals surface area contributed by atoms with E-state index in [2.05, 4.69) is 39.4 Å². The van der Waals surface area contributed by atoms with Gasteiger partial charge in [-0.3, -0.25) is 9.89 Å². The van der Waals surface area contributed by atoms with Crippen LogP contribution < -0.4 is 0 Å². The van der Waals surface area contributed by atoms with Gasteiger partial charge >= 0.3 is 0 Å². The predicted octanol–water partition coefficient (Wildman–Crippen LogP) is 3.21. The van der Waals surface area contributed by atoms with E-state index in [0.717, 1.165) is 51.0 Å². The first-order chi connectivity index (χ1) is 12.1. The summed E-state index contributed by atoms with van der Waals surface area (Å²) in [6.45, 7) is 1.61. The molecule has 132 valence electrons. The Balaban J connectivity index is 1.48. The standard InChI is InChI=1S/C19H24N4OS/c1-22-16(20-21-18(22)25)15-8-5-11-23(13-15)17(24)19(9-10-19)12-14-6-3-2-4-7-14/h2-4,6-7,15H,5,8-13H2,1H3,(H,21,25). The number of nitrogens with one attached hydrogen (secondary N) is 1. The van der Waals surface area contributed by atoms with Crippen LogP contribution in [0.3, 0.4) is 0 Å². The van der Waals surface area contributed by atoms with Gasteiger partial charge in [0.05, 0.1) is 5.41 Å². The number of carbonyl (C=O) groups excluding carboxylic acids is 1. The quantitative estimate of drug-likeness (QED) is 0.856. The van der Waals surface area contributed by atoms with Crippen molar-refractivity contribution in [1.29, 1.82) is 0 Å². The average molecular weight is 356 g/mol. The summed E-state index contributed by atoms with van der Waals surface area (Å²) in [5.41, 5.74) is 1.09. The number of carbonyl (C=O) groups is 1. The Morgan fingerprint density at radius 1 is 1.36 bits per heavy atom. The molecule has 5 nitrogen and oxygen atoms in total. The van der Waals surface area contributed by atoms with Crippen molar-refractivity contribution in [2.75, 3.05) is 13.1 Å². The zero-order valence-electron chi connectivity index (χ0n) is 14.6. The van der Waals surface area contributed by atoms with E-state index in [1.807, 2.05) is 17.7 Å². The molecular weight excluding hydrogens is 332 g/mol. The fourth-order valence-corrected chi connectivity index (χ4v) is 4.17. The Morgan fingerprint density at radius 3 is 2.76 bits per heavy atom. The molecular formula is C19H24N4OS. The maximum atomic E-state index is 13.2. The van der Waals surface area contributed by atoms with Gasteiger partial charge in [0.2, 0.25) is 5.91 Å². The van der Waals surface area contributed by atoms with Gasteiger partial charge in [0.1, 0.15) is 5.82 Å². The van der Waals surface area contributed by atoms with E-state index >= 15 is 0 Å². The van der Waals surface area contributed by atoms with Gasteiger partial charge in [0.25, 0.3) is 0 Å². The molecule has 1 aliphatic heterocycles. The van der Waals surface area contributed by atoms with E-state index in [1.165, 1.54) is 5.56 Å². The lowest BCUT2D eigenvalue weighted by Gasteiger charge is -2.34. The molecule has 2 aliphatic rings. The molecule has 6 heteroatoms. The largest absolute Gasteiger partial charge is 0.341 e. The minimum absolute atomic E-state index is 0.166. The second-order valence-corrected chi connectivity index (χ2v) is 7.87. The van der Waals surface area contributed by atoms with E-state index < -0.39 is 0 Å². The lowest BCUT2D eigenvalue weighted by Crippen LogP contribution is -2.44. The summed E-state index contributed by atoms with van der Waals surface area (Å²) >= 11 is 5.23. The molecule has 1 aromatic carbocycles. The average Bonchev–Trinajstić information content (AvgIpc) is 3.35. The van der Waals surface area contributed by atoms with Gasteiger partial charge in [-0.1, -0.05) is 30.3 Å². The summed E-state index contributed by atoms with van der Waals surface area (Å²) in [4.78, 5) is 15.3. The summed E-state index contributed by atoms with van der Waals surface area (Å²) in [5.74, 6) is 1.57. The topological polar surface area (TPSA) is 53.9 Å². The van der Waals surface area contributed by atoms with Gasteiger partial charge < -0.3 is 9.47 Å². The fourth-order valence-electron chi connectivity index (χ4n) is 4.04. The highest BCUT2D eigenvalue weighted by Gasteiger charge is 2.51. The number of rotatable bonds is 4. The summed E-state index contributed by atoms with van der Waals surface area (Å²) in [6, 6.07) is 10.4. The van der Waals surface area contributed by atoms with Crippen LogP contribution in [0.1, 0.15) is 43.0 Å². The molecule has 1 aromatic heterocycles. The van der Waals surface area contributed by atoms with Crippen LogP contribution in [-0.4, -0.2) is 38.7 Å². The van der Waals surface area contributed by atoms with Crippen molar-refractivity contribution < 1.29 is 4.79 Å². The van der Waals surface area contributed by atoms with Gasteiger partial charge in [0, 0.05) is 26.1 Å². The van der Waals surface area contributed by atoms with E-state index in [1.54, 1.807) is 0 Å². The lowest BCUT2D eigenvalue weighted by molar-refractivity contribution is -0.138. The molecule has 4 rings (SSSR count). The number of hydrogen-bond donors (Lipinski definition) is 1. The molecule has 1 amide bonds. The van der Waals surface area contributed by atoms with Crippen molar-refractivity contribution in [3.63, 3.8) is 0 Å². The van der Waals surface area contributed by atoms with Crippen LogP contribution in [0.5, 0.6) is 0 Å². The van der Waals surface area contributed by atoms with Crippen LogP contribution in [0.25, 0.3) is 0 Å². The van der Waals surface area contributed by atoms with Crippen molar-refractivity contribution in [3.05, 3.63) is 46.5 Å². The molecule has 1 unspecified atom stereocenters. The van der Waals surface area contributed by atoms with Crippen LogP contribution in [0.15, 0.2) is 30.3 Å². The zero-order valence-corrected chi connectivity index (χ0v) is 15.4. The van der Waals surface area contributed by atoms with Crippen molar-refractivity contribution in [3.8, 4) is 0 Å². The second kappa shape index (κ2) is 6.41. The minimum Gasteiger partial charge on any atom is -0.341 e. The molecule has 1 saturated heterocycles. The number of aromatic amines is 1. The number of likely N-dealkylation sites (tertiary alicyclic amines) is 1. The van der Waals surface area contributed by atoms with Gasteiger partial charge in [-0.05, 0) is 49.9 Å². The zero-order chi connectivity index (χ0) is 17.4.